The zero-order valence-corrected chi connectivity index (χ0v) is 7.63. The molecule has 1 aromatic carbocycles. The molecule has 0 heterocycles. The molecular formula is C11H12O3. The van der Waals surface area contributed by atoms with Crippen LogP contribution in [-0.2, 0) is 4.79 Å². The molecule has 0 aromatic heterocycles. The number of benzene rings is 1. The van der Waals surface area contributed by atoms with Crippen LogP contribution in [0.2, 0.25) is 0 Å². The number of carboxylic acids is 1. The number of hydrogen-bond donors (Lipinski definition) is 2. The first-order chi connectivity index (χ1) is 6.68. The number of carboxylic acid groups (broad SMARTS) is 1. The summed E-state index contributed by atoms with van der Waals surface area (Å²) in [5, 5.41) is 17.6. The van der Waals surface area contributed by atoms with Crippen LogP contribution in [0.3, 0.4) is 0 Å². The highest BCUT2D eigenvalue weighted by Crippen LogP contribution is 2.03. The van der Waals surface area contributed by atoms with E-state index in [9.17, 15) is 9.90 Å². The molecule has 0 aliphatic heterocycles. The maximum absolute atomic E-state index is 10.2. The number of carbonyl (C=O) groups is 1. The van der Waals surface area contributed by atoms with Crippen LogP contribution in [0.5, 0.6) is 0 Å². The maximum Gasteiger partial charge on any atom is 0.306 e. The molecule has 0 unspecified atom stereocenters. The molecule has 0 amide bonds. The molecule has 1 rings (SSSR count). The van der Waals surface area contributed by atoms with Crippen LogP contribution in [0.4, 0.5) is 0 Å². The average Bonchev–Trinajstić information content (AvgIpc) is 2.15. The molecule has 2 N–H and O–H groups in total. The monoisotopic (exact) mass is 192 g/mol. The van der Waals surface area contributed by atoms with Gasteiger partial charge in [-0.2, -0.15) is 0 Å². The molecule has 0 aliphatic carbocycles. The molecule has 14 heavy (non-hydrogen) atoms. The van der Waals surface area contributed by atoms with Crippen molar-refractivity contribution in [1.82, 2.24) is 0 Å². The van der Waals surface area contributed by atoms with Crippen LogP contribution in [0.15, 0.2) is 36.4 Å². The van der Waals surface area contributed by atoms with Gasteiger partial charge in [0.1, 0.15) is 0 Å². The Hall–Kier alpha value is -1.61. The lowest BCUT2D eigenvalue weighted by molar-refractivity contribution is -0.138. The van der Waals surface area contributed by atoms with Crippen molar-refractivity contribution in [3.8, 4) is 0 Å². The van der Waals surface area contributed by atoms with E-state index < -0.39 is 12.1 Å². The second kappa shape index (κ2) is 5.19. The van der Waals surface area contributed by atoms with Gasteiger partial charge in [0, 0.05) is 0 Å². The van der Waals surface area contributed by atoms with Gasteiger partial charge in [0.15, 0.2) is 0 Å². The first-order valence-electron chi connectivity index (χ1n) is 4.31. The van der Waals surface area contributed by atoms with Gasteiger partial charge in [-0.05, 0) is 5.56 Å². The highest BCUT2D eigenvalue weighted by Gasteiger charge is 2.04. The second-order valence-corrected chi connectivity index (χ2v) is 2.94. The van der Waals surface area contributed by atoms with Crippen molar-refractivity contribution in [3.63, 3.8) is 0 Å². The van der Waals surface area contributed by atoms with E-state index in [2.05, 4.69) is 0 Å². The molecule has 0 bridgehead atoms. The summed E-state index contributed by atoms with van der Waals surface area (Å²) in [6.07, 6.45) is 1.99. The quantitative estimate of drug-likeness (QED) is 0.760. The van der Waals surface area contributed by atoms with Gasteiger partial charge in [0.05, 0.1) is 12.5 Å². The lowest BCUT2D eigenvalue weighted by atomic mass is 10.1. The molecule has 3 heteroatoms. The summed E-state index contributed by atoms with van der Waals surface area (Å²) in [6.45, 7) is 0. The van der Waals surface area contributed by atoms with Gasteiger partial charge in [0.25, 0.3) is 0 Å². The van der Waals surface area contributed by atoms with Crippen LogP contribution in [0.25, 0.3) is 6.08 Å². The first kappa shape index (κ1) is 10.5. The van der Waals surface area contributed by atoms with E-state index in [1.807, 2.05) is 30.3 Å². The van der Waals surface area contributed by atoms with Gasteiger partial charge in [0.2, 0.25) is 0 Å². The van der Waals surface area contributed by atoms with Crippen LogP contribution < -0.4 is 0 Å². The van der Waals surface area contributed by atoms with Crippen molar-refractivity contribution in [3.05, 3.63) is 42.0 Å². The third-order valence-corrected chi connectivity index (χ3v) is 1.69. The highest BCUT2D eigenvalue weighted by atomic mass is 16.4. The third-order valence-electron chi connectivity index (χ3n) is 1.69. The average molecular weight is 192 g/mol. The maximum atomic E-state index is 10.2. The fourth-order valence-electron chi connectivity index (χ4n) is 1.03. The van der Waals surface area contributed by atoms with Gasteiger partial charge in [-0.15, -0.1) is 0 Å². The topological polar surface area (TPSA) is 57.5 Å². The number of aliphatic carboxylic acids is 1. The molecule has 3 nitrogen and oxygen atoms in total. The summed E-state index contributed by atoms with van der Waals surface area (Å²) in [5.41, 5.74) is 0.942. The van der Waals surface area contributed by atoms with Crippen molar-refractivity contribution in [2.75, 3.05) is 0 Å². The number of hydrogen-bond acceptors (Lipinski definition) is 2. The number of aliphatic hydroxyl groups excluding tert-OH is 1. The zero-order chi connectivity index (χ0) is 10.4. The predicted octanol–water partition coefficient (Wildman–Crippen LogP) is 1.54. The molecular weight excluding hydrogens is 180 g/mol. The minimum atomic E-state index is -1.00. The minimum Gasteiger partial charge on any atom is -0.481 e. The summed E-state index contributed by atoms with van der Waals surface area (Å²) in [5.74, 6) is -1.00. The van der Waals surface area contributed by atoms with Crippen molar-refractivity contribution < 1.29 is 15.0 Å². The lowest BCUT2D eigenvalue weighted by Crippen LogP contribution is -2.09. The van der Waals surface area contributed by atoms with Crippen molar-refractivity contribution in [2.24, 2.45) is 0 Å². The first-order valence-corrected chi connectivity index (χ1v) is 4.31. The summed E-state index contributed by atoms with van der Waals surface area (Å²) < 4.78 is 0. The Labute approximate surface area is 82.3 Å². The summed E-state index contributed by atoms with van der Waals surface area (Å²) >= 11 is 0. The Kier molecular flexibility index (Phi) is 3.88. The molecule has 1 atom stereocenters. The summed E-state index contributed by atoms with van der Waals surface area (Å²) in [4.78, 5) is 10.2. The zero-order valence-electron chi connectivity index (χ0n) is 7.63. The molecule has 0 saturated carbocycles. The predicted molar refractivity (Wildman–Crippen MR) is 53.7 cm³/mol. The molecule has 0 spiro atoms. The van der Waals surface area contributed by atoms with E-state index in [4.69, 9.17) is 5.11 Å². The van der Waals surface area contributed by atoms with Crippen LogP contribution >= 0.6 is 0 Å². The fourth-order valence-corrected chi connectivity index (χ4v) is 1.03. The smallest absolute Gasteiger partial charge is 0.306 e. The Morgan fingerprint density at radius 3 is 2.57 bits per heavy atom. The van der Waals surface area contributed by atoms with E-state index >= 15 is 0 Å². The van der Waals surface area contributed by atoms with Crippen molar-refractivity contribution >= 4 is 12.0 Å². The van der Waals surface area contributed by atoms with Gasteiger partial charge >= 0.3 is 5.97 Å². The van der Waals surface area contributed by atoms with Crippen LogP contribution in [0.1, 0.15) is 12.0 Å². The van der Waals surface area contributed by atoms with E-state index in [0.29, 0.717) is 0 Å². The van der Waals surface area contributed by atoms with Crippen LogP contribution in [0, 0.1) is 0 Å². The third kappa shape index (κ3) is 3.87. The van der Waals surface area contributed by atoms with Gasteiger partial charge in [-0.25, -0.2) is 0 Å². The lowest BCUT2D eigenvalue weighted by Gasteiger charge is -1.99. The molecule has 0 saturated heterocycles. The Bertz CT molecular complexity index is 317. The molecule has 74 valence electrons. The fraction of sp³-hybridized carbons (Fsp3) is 0.182. The van der Waals surface area contributed by atoms with E-state index in [-0.39, 0.29) is 6.42 Å². The summed E-state index contributed by atoms with van der Waals surface area (Å²) in [6, 6.07) is 9.41. The Balaban J connectivity index is 2.52. The standard InChI is InChI=1S/C11H12O3/c12-10(8-11(13)14)7-6-9-4-2-1-3-5-9/h1-7,10,12H,8H2,(H,13,14)/t10-/m0/s1. The molecule has 0 aliphatic rings. The van der Waals surface area contributed by atoms with E-state index in [0.717, 1.165) is 5.56 Å². The largest absolute Gasteiger partial charge is 0.481 e. The number of aliphatic hydroxyl groups is 1. The van der Waals surface area contributed by atoms with E-state index in [1.165, 1.54) is 6.08 Å². The SMILES string of the molecule is O=C(O)C[C@@H](O)C=Cc1ccccc1. The van der Waals surface area contributed by atoms with Crippen LogP contribution in [-0.4, -0.2) is 22.3 Å². The summed E-state index contributed by atoms with van der Waals surface area (Å²) in [7, 11) is 0. The van der Waals surface area contributed by atoms with Gasteiger partial charge in [-0.3, -0.25) is 4.79 Å². The van der Waals surface area contributed by atoms with Gasteiger partial charge < -0.3 is 10.2 Å². The molecule has 1 aromatic rings. The number of rotatable bonds is 4. The van der Waals surface area contributed by atoms with Gasteiger partial charge in [-0.1, -0.05) is 42.5 Å². The Morgan fingerprint density at radius 2 is 2.00 bits per heavy atom. The van der Waals surface area contributed by atoms with Crippen molar-refractivity contribution in [1.29, 1.82) is 0 Å². The van der Waals surface area contributed by atoms with E-state index in [1.54, 1.807) is 6.08 Å². The normalized spacial score (nSPS) is 12.9. The Morgan fingerprint density at radius 1 is 1.36 bits per heavy atom. The molecule has 0 radical (unpaired) electrons. The second-order valence-electron chi connectivity index (χ2n) is 2.94. The highest BCUT2D eigenvalue weighted by molar-refractivity contribution is 5.68. The minimum absolute atomic E-state index is 0.261. The molecule has 0 fully saturated rings. The van der Waals surface area contributed by atoms with Crippen molar-refractivity contribution in [2.45, 2.75) is 12.5 Å².